The largest absolute Gasteiger partial charge is 0.495 e. The number of hydrogen-bond donors (Lipinski definition) is 1. The molecule has 1 aliphatic heterocycles. The van der Waals surface area contributed by atoms with Gasteiger partial charge in [-0.05, 0) is 61.7 Å². The summed E-state index contributed by atoms with van der Waals surface area (Å²) in [6.07, 6.45) is 1.53. The predicted molar refractivity (Wildman–Crippen MR) is 124 cm³/mol. The van der Waals surface area contributed by atoms with Crippen molar-refractivity contribution in [3.05, 3.63) is 65.2 Å². The lowest BCUT2D eigenvalue weighted by Gasteiger charge is -2.32. The van der Waals surface area contributed by atoms with Gasteiger partial charge in [0.1, 0.15) is 5.75 Å². The number of ether oxygens (including phenoxy) is 1. The molecule has 0 bridgehead atoms. The fourth-order valence-corrected chi connectivity index (χ4v) is 3.92. The SMILES string of the molecule is COc1ccc(C)cc1NC(=O)C1CCN(c2ccc(-c3ccc(Cl)cc3)nn2)CC1. The maximum Gasteiger partial charge on any atom is 0.227 e. The van der Waals surface area contributed by atoms with Crippen LogP contribution in [0.3, 0.4) is 0 Å². The Morgan fingerprint density at radius 3 is 2.45 bits per heavy atom. The topological polar surface area (TPSA) is 67.3 Å². The summed E-state index contributed by atoms with van der Waals surface area (Å²) in [6, 6.07) is 17.3. The molecule has 2 heterocycles. The normalized spacial score (nSPS) is 14.4. The molecule has 3 aromatic rings. The molecule has 0 saturated carbocycles. The van der Waals surface area contributed by atoms with Gasteiger partial charge in [-0.2, -0.15) is 0 Å². The maximum absolute atomic E-state index is 12.8. The number of anilines is 2. The average Bonchev–Trinajstić information content (AvgIpc) is 2.80. The number of hydrogen-bond acceptors (Lipinski definition) is 5. The molecule has 2 aromatic carbocycles. The monoisotopic (exact) mass is 436 g/mol. The van der Waals surface area contributed by atoms with Crippen molar-refractivity contribution in [3.8, 4) is 17.0 Å². The van der Waals surface area contributed by atoms with Crippen LogP contribution in [0, 0.1) is 12.8 Å². The fraction of sp³-hybridized carbons (Fsp3) is 0.292. The Hall–Kier alpha value is -3.12. The first-order chi connectivity index (χ1) is 15.0. The zero-order valence-electron chi connectivity index (χ0n) is 17.6. The van der Waals surface area contributed by atoms with Crippen molar-refractivity contribution in [3.63, 3.8) is 0 Å². The zero-order valence-corrected chi connectivity index (χ0v) is 18.4. The van der Waals surface area contributed by atoms with E-state index in [9.17, 15) is 4.79 Å². The molecule has 1 fully saturated rings. The number of carbonyl (C=O) groups excluding carboxylic acids is 1. The van der Waals surface area contributed by atoms with E-state index in [1.54, 1.807) is 7.11 Å². The van der Waals surface area contributed by atoms with Crippen molar-refractivity contribution in [2.45, 2.75) is 19.8 Å². The number of amides is 1. The van der Waals surface area contributed by atoms with E-state index in [0.29, 0.717) is 10.8 Å². The van der Waals surface area contributed by atoms with Gasteiger partial charge in [-0.15, -0.1) is 10.2 Å². The Labute approximate surface area is 187 Å². The van der Waals surface area contributed by atoms with Crippen LogP contribution in [-0.4, -0.2) is 36.3 Å². The summed E-state index contributed by atoms with van der Waals surface area (Å²) in [4.78, 5) is 15.0. The van der Waals surface area contributed by atoms with E-state index in [-0.39, 0.29) is 11.8 Å². The maximum atomic E-state index is 12.8. The number of methoxy groups -OCH3 is 1. The second-order valence-corrected chi connectivity index (χ2v) is 8.17. The van der Waals surface area contributed by atoms with Crippen molar-refractivity contribution in [2.24, 2.45) is 5.92 Å². The molecular weight excluding hydrogens is 412 g/mol. The highest BCUT2D eigenvalue weighted by atomic mass is 35.5. The quantitative estimate of drug-likeness (QED) is 0.611. The van der Waals surface area contributed by atoms with E-state index in [0.717, 1.165) is 54.3 Å². The summed E-state index contributed by atoms with van der Waals surface area (Å²) in [5, 5.41) is 12.5. The molecule has 1 aromatic heterocycles. The lowest BCUT2D eigenvalue weighted by Crippen LogP contribution is -2.38. The molecule has 0 aliphatic carbocycles. The Bertz CT molecular complexity index is 1050. The van der Waals surface area contributed by atoms with Gasteiger partial charge in [-0.3, -0.25) is 4.79 Å². The Kier molecular flexibility index (Phi) is 6.37. The number of rotatable bonds is 5. The van der Waals surface area contributed by atoms with Crippen LogP contribution in [0.15, 0.2) is 54.6 Å². The van der Waals surface area contributed by atoms with E-state index in [1.165, 1.54) is 0 Å². The number of nitrogens with one attached hydrogen (secondary N) is 1. The van der Waals surface area contributed by atoms with Crippen LogP contribution in [0.1, 0.15) is 18.4 Å². The molecule has 1 amide bonds. The van der Waals surface area contributed by atoms with Gasteiger partial charge in [0.05, 0.1) is 18.5 Å². The molecule has 1 saturated heterocycles. The van der Waals surface area contributed by atoms with E-state index in [4.69, 9.17) is 16.3 Å². The van der Waals surface area contributed by atoms with Gasteiger partial charge in [0.15, 0.2) is 5.82 Å². The first kappa shape index (κ1) is 21.1. The standard InChI is InChI=1S/C24H25ClN4O2/c1-16-3-9-22(31-2)21(15-16)26-24(30)18-11-13-29(14-12-18)23-10-8-20(27-28-23)17-4-6-19(25)7-5-17/h3-10,15,18H,11-14H2,1-2H3,(H,26,30). The summed E-state index contributed by atoms with van der Waals surface area (Å²) in [7, 11) is 1.61. The molecule has 0 spiro atoms. The van der Waals surface area contributed by atoms with Crippen LogP contribution >= 0.6 is 11.6 Å². The molecule has 1 aliphatic rings. The number of piperidine rings is 1. The second kappa shape index (κ2) is 9.35. The molecule has 4 rings (SSSR count). The summed E-state index contributed by atoms with van der Waals surface area (Å²) in [6.45, 7) is 3.52. The molecule has 0 atom stereocenters. The molecule has 0 radical (unpaired) electrons. The smallest absolute Gasteiger partial charge is 0.227 e. The lowest BCUT2D eigenvalue weighted by atomic mass is 9.95. The molecule has 6 nitrogen and oxygen atoms in total. The van der Waals surface area contributed by atoms with Crippen molar-refractivity contribution in [1.29, 1.82) is 0 Å². The van der Waals surface area contributed by atoms with Gasteiger partial charge >= 0.3 is 0 Å². The Morgan fingerprint density at radius 2 is 1.81 bits per heavy atom. The first-order valence-corrected chi connectivity index (χ1v) is 10.7. The first-order valence-electron chi connectivity index (χ1n) is 10.3. The summed E-state index contributed by atoms with van der Waals surface area (Å²) in [5.74, 6) is 1.50. The minimum atomic E-state index is -0.0391. The predicted octanol–water partition coefficient (Wildman–Crippen LogP) is 4.97. The number of halogens is 1. The average molecular weight is 437 g/mol. The van der Waals surface area contributed by atoms with E-state index in [1.807, 2.05) is 61.5 Å². The minimum absolute atomic E-state index is 0.0349. The summed E-state index contributed by atoms with van der Waals surface area (Å²) < 4.78 is 5.37. The van der Waals surface area contributed by atoms with Gasteiger partial charge in [-0.25, -0.2) is 0 Å². The van der Waals surface area contributed by atoms with Crippen molar-refractivity contribution >= 4 is 29.0 Å². The van der Waals surface area contributed by atoms with Gasteiger partial charge in [-0.1, -0.05) is 29.8 Å². The molecule has 7 heteroatoms. The lowest BCUT2D eigenvalue weighted by molar-refractivity contribution is -0.120. The molecular formula is C24H25ClN4O2. The molecule has 0 unspecified atom stereocenters. The molecule has 1 N–H and O–H groups in total. The van der Waals surface area contributed by atoms with Crippen LogP contribution < -0.4 is 15.0 Å². The summed E-state index contributed by atoms with van der Waals surface area (Å²) in [5.41, 5.74) is 3.58. The van der Waals surface area contributed by atoms with Crippen molar-refractivity contribution < 1.29 is 9.53 Å². The second-order valence-electron chi connectivity index (χ2n) is 7.74. The molecule has 160 valence electrons. The van der Waals surface area contributed by atoms with E-state index in [2.05, 4.69) is 20.4 Å². The van der Waals surface area contributed by atoms with Gasteiger partial charge < -0.3 is 15.0 Å². The van der Waals surface area contributed by atoms with Gasteiger partial charge in [0, 0.05) is 29.6 Å². The van der Waals surface area contributed by atoms with Gasteiger partial charge in [0.2, 0.25) is 5.91 Å². The third-order valence-electron chi connectivity index (χ3n) is 5.59. The van der Waals surface area contributed by atoms with E-state index < -0.39 is 0 Å². The van der Waals surface area contributed by atoms with Gasteiger partial charge in [0.25, 0.3) is 0 Å². The highest BCUT2D eigenvalue weighted by molar-refractivity contribution is 6.30. The number of benzene rings is 2. The number of carbonyl (C=O) groups is 1. The minimum Gasteiger partial charge on any atom is -0.495 e. The Morgan fingerprint density at radius 1 is 1.06 bits per heavy atom. The van der Waals surface area contributed by atoms with Crippen molar-refractivity contribution in [1.82, 2.24) is 10.2 Å². The van der Waals surface area contributed by atoms with Crippen LogP contribution in [0.4, 0.5) is 11.5 Å². The number of nitrogens with zero attached hydrogens (tertiary/aromatic N) is 3. The third-order valence-corrected chi connectivity index (χ3v) is 5.85. The van der Waals surface area contributed by atoms with Crippen LogP contribution in [0.5, 0.6) is 5.75 Å². The van der Waals surface area contributed by atoms with Crippen molar-refractivity contribution in [2.75, 3.05) is 30.4 Å². The van der Waals surface area contributed by atoms with Crippen LogP contribution in [0.25, 0.3) is 11.3 Å². The highest BCUT2D eigenvalue weighted by Crippen LogP contribution is 2.28. The number of aryl methyl sites for hydroxylation is 1. The molecule has 31 heavy (non-hydrogen) atoms. The van der Waals surface area contributed by atoms with Crippen LogP contribution in [0.2, 0.25) is 5.02 Å². The third kappa shape index (κ3) is 4.97. The fourth-order valence-electron chi connectivity index (χ4n) is 3.79. The Balaban J connectivity index is 1.35. The van der Waals surface area contributed by atoms with E-state index >= 15 is 0 Å². The summed E-state index contributed by atoms with van der Waals surface area (Å²) >= 11 is 5.95. The highest BCUT2D eigenvalue weighted by Gasteiger charge is 2.26. The van der Waals surface area contributed by atoms with Crippen LogP contribution in [-0.2, 0) is 4.79 Å². The number of aromatic nitrogens is 2. The zero-order chi connectivity index (χ0) is 21.8.